The molecular formula is C34H36N2O6S2. The van der Waals surface area contributed by atoms with Crippen LogP contribution >= 0.6 is 0 Å². The van der Waals surface area contributed by atoms with Crippen LogP contribution in [0.1, 0.15) is 22.3 Å². The van der Waals surface area contributed by atoms with Crippen LogP contribution in [-0.2, 0) is 33.1 Å². The molecule has 0 N–H and O–H groups in total. The standard InChI is InChI=1S/C34H36N2O6S2/c1-27-13-17-31(18-14-27)43(37,38)35-21-22-36(44(39,40)32-19-15-28(2)16-20-32)26-30-10-4-6-12-34(30)42-24-8-7-23-41-33-11-5-3-9-29(33)25-35/h3-20H,21-26H2,1-2H3/b8-7-. The van der Waals surface area contributed by atoms with E-state index in [0.717, 1.165) is 11.1 Å². The average Bonchev–Trinajstić information content (AvgIpc) is 3.01. The van der Waals surface area contributed by atoms with Gasteiger partial charge in [-0.2, -0.15) is 8.61 Å². The molecule has 0 aliphatic carbocycles. The number of hydrogen-bond acceptors (Lipinski definition) is 6. The Morgan fingerprint density at radius 2 is 0.886 bits per heavy atom. The maximum atomic E-state index is 14.1. The van der Waals surface area contributed by atoms with E-state index in [2.05, 4.69) is 0 Å². The highest BCUT2D eigenvalue weighted by molar-refractivity contribution is 7.89. The topological polar surface area (TPSA) is 93.2 Å². The quantitative estimate of drug-likeness (QED) is 0.268. The van der Waals surface area contributed by atoms with Crippen LogP contribution in [0.25, 0.3) is 0 Å². The lowest BCUT2D eigenvalue weighted by Gasteiger charge is -2.28. The monoisotopic (exact) mass is 632 g/mol. The number of ether oxygens (including phenoxy) is 2. The van der Waals surface area contributed by atoms with E-state index in [4.69, 9.17) is 9.47 Å². The molecule has 0 aromatic heterocycles. The average molecular weight is 633 g/mol. The number of para-hydroxylation sites is 2. The Labute approximate surface area is 260 Å². The first-order valence-corrected chi connectivity index (χ1v) is 17.2. The Kier molecular flexibility index (Phi) is 9.85. The SMILES string of the molecule is Cc1ccc(S(=O)(=O)N2CCN(S(=O)(=O)c3ccc(C)cc3)Cc3ccccc3OC/C=C\COc3ccccc3C2)cc1. The Bertz CT molecular complexity index is 1690. The highest BCUT2D eigenvalue weighted by Gasteiger charge is 2.30. The van der Waals surface area contributed by atoms with E-state index in [1.807, 2.05) is 62.4 Å². The van der Waals surface area contributed by atoms with Gasteiger partial charge in [-0.1, -0.05) is 71.8 Å². The second kappa shape index (κ2) is 13.8. The van der Waals surface area contributed by atoms with Crippen molar-refractivity contribution in [3.05, 3.63) is 131 Å². The summed E-state index contributed by atoms with van der Waals surface area (Å²) in [5, 5.41) is 0. The fourth-order valence-electron chi connectivity index (χ4n) is 4.85. The summed E-state index contributed by atoms with van der Waals surface area (Å²) in [5.74, 6) is 1.09. The Morgan fingerprint density at radius 3 is 1.27 bits per heavy atom. The summed E-state index contributed by atoms with van der Waals surface area (Å²) in [4.78, 5) is 0.260. The third kappa shape index (κ3) is 7.39. The fraction of sp³-hybridized carbons (Fsp3) is 0.235. The van der Waals surface area contributed by atoms with Gasteiger partial charge in [0.2, 0.25) is 20.0 Å². The van der Waals surface area contributed by atoms with E-state index in [1.54, 1.807) is 60.7 Å². The lowest BCUT2D eigenvalue weighted by atomic mass is 10.2. The first-order chi connectivity index (χ1) is 21.1. The smallest absolute Gasteiger partial charge is 0.243 e. The van der Waals surface area contributed by atoms with Crippen LogP contribution in [0.15, 0.2) is 119 Å². The molecule has 1 aliphatic heterocycles. The largest absolute Gasteiger partial charge is 0.489 e. The van der Waals surface area contributed by atoms with E-state index in [1.165, 1.54) is 8.61 Å². The van der Waals surface area contributed by atoms with Crippen molar-refractivity contribution in [1.29, 1.82) is 0 Å². The fourth-order valence-corrected chi connectivity index (χ4v) is 7.67. The van der Waals surface area contributed by atoms with Crippen LogP contribution in [0, 0.1) is 13.8 Å². The van der Waals surface area contributed by atoms with Gasteiger partial charge in [0, 0.05) is 37.3 Å². The van der Waals surface area contributed by atoms with Crippen LogP contribution in [0.5, 0.6) is 11.5 Å². The number of nitrogens with zero attached hydrogens (tertiary/aromatic N) is 2. The molecule has 1 heterocycles. The third-order valence-electron chi connectivity index (χ3n) is 7.39. The summed E-state index contributed by atoms with van der Waals surface area (Å²) < 4.78 is 71.1. The zero-order valence-electron chi connectivity index (χ0n) is 24.8. The molecule has 0 spiro atoms. The molecule has 230 valence electrons. The van der Waals surface area contributed by atoms with Crippen molar-refractivity contribution >= 4 is 20.0 Å². The maximum Gasteiger partial charge on any atom is 0.243 e. The Hall–Kier alpha value is -3.96. The number of fused-ring (bicyclic) bond motifs is 2. The molecule has 1 aliphatic rings. The molecule has 44 heavy (non-hydrogen) atoms. The molecular weight excluding hydrogens is 597 g/mol. The van der Waals surface area contributed by atoms with Crippen molar-refractivity contribution in [3.63, 3.8) is 0 Å². The molecule has 0 saturated carbocycles. The van der Waals surface area contributed by atoms with Crippen LogP contribution in [0.4, 0.5) is 0 Å². The van der Waals surface area contributed by atoms with Crippen LogP contribution in [0.2, 0.25) is 0 Å². The van der Waals surface area contributed by atoms with Gasteiger partial charge in [-0.3, -0.25) is 0 Å². The van der Waals surface area contributed by atoms with E-state index in [0.29, 0.717) is 22.6 Å². The lowest BCUT2D eigenvalue weighted by molar-refractivity contribution is 0.314. The number of sulfonamides is 2. The van der Waals surface area contributed by atoms with Crippen molar-refractivity contribution in [2.24, 2.45) is 0 Å². The van der Waals surface area contributed by atoms with Gasteiger partial charge in [0.05, 0.1) is 9.79 Å². The summed E-state index contributed by atoms with van der Waals surface area (Å²) >= 11 is 0. The molecule has 0 atom stereocenters. The van der Waals surface area contributed by atoms with Crippen molar-refractivity contribution in [1.82, 2.24) is 8.61 Å². The zero-order valence-corrected chi connectivity index (χ0v) is 26.4. The van der Waals surface area contributed by atoms with Crippen LogP contribution in [-0.4, -0.2) is 51.7 Å². The summed E-state index contributed by atoms with van der Waals surface area (Å²) in [6.07, 6.45) is 3.67. The number of aryl methyl sites for hydroxylation is 2. The molecule has 0 bridgehead atoms. The molecule has 4 aromatic carbocycles. The predicted molar refractivity (Wildman–Crippen MR) is 171 cm³/mol. The van der Waals surface area contributed by atoms with Crippen LogP contribution in [0.3, 0.4) is 0 Å². The second-order valence-corrected chi connectivity index (χ2v) is 14.5. The van der Waals surface area contributed by atoms with Crippen molar-refractivity contribution in [2.75, 3.05) is 26.3 Å². The molecule has 10 heteroatoms. The molecule has 0 amide bonds. The molecule has 0 fully saturated rings. The van der Waals surface area contributed by atoms with Gasteiger partial charge in [0.25, 0.3) is 0 Å². The molecule has 0 saturated heterocycles. The van der Waals surface area contributed by atoms with Gasteiger partial charge < -0.3 is 9.47 Å². The molecule has 8 nitrogen and oxygen atoms in total. The molecule has 4 aromatic rings. The van der Waals surface area contributed by atoms with Crippen molar-refractivity contribution in [3.8, 4) is 11.5 Å². The Balaban J connectivity index is 1.59. The first kappa shape index (κ1) is 31.5. The molecule has 0 radical (unpaired) electrons. The summed E-state index contributed by atoms with van der Waals surface area (Å²) in [6.45, 7) is 4.12. The number of rotatable bonds is 4. The highest BCUT2D eigenvalue weighted by atomic mass is 32.2. The van der Waals surface area contributed by atoms with E-state index in [9.17, 15) is 16.8 Å². The van der Waals surface area contributed by atoms with Gasteiger partial charge in [0.15, 0.2) is 0 Å². The van der Waals surface area contributed by atoms with Crippen LogP contribution < -0.4 is 9.47 Å². The van der Waals surface area contributed by atoms with Crippen molar-refractivity contribution < 1.29 is 26.3 Å². The molecule has 5 rings (SSSR count). The summed E-state index contributed by atoms with van der Waals surface area (Å²) in [7, 11) is -8.04. The van der Waals surface area contributed by atoms with E-state index >= 15 is 0 Å². The van der Waals surface area contributed by atoms with Gasteiger partial charge >= 0.3 is 0 Å². The minimum atomic E-state index is -4.02. The number of benzene rings is 4. The second-order valence-electron chi connectivity index (χ2n) is 10.6. The van der Waals surface area contributed by atoms with Gasteiger partial charge in [-0.25, -0.2) is 16.8 Å². The normalized spacial score (nSPS) is 16.6. The summed E-state index contributed by atoms with van der Waals surface area (Å²) in [6, 6.07) is 27.8. The third-order valence-corrected chi connectivity index (χ3v) is 11.1. The first-order valence-electron chi connectivity index (χ1n) is 14.3. The van der Waals surface area contributed by atoms with E-state index in [-0.39, 0.29) is 49.2 Å². The lowest BCUT2D eigenvalue weighted by Crippen LogP contribution is -2.40. The molecule has 0 unspecified atom stereocenters. The summed E-state index contributed by atoms with van der Waals surface area (Å²) in [5.41, 5.74) is 3.19. The van der Waals surface area contributed by atoms with Gasteiger partial charge in [-0.05, 0) is 62.4 Å². The predicted octanol–water partition coefficient (Wildman–Crippen LogP) is 5.71. The zero-order chi connectivity index (χ0) is 31.2. The Morgan fingerprint density at radius 1 is 0.523 bits per heavy atom. The number of hydrogen-bond donors (Lipinski definition) is 0. The van der Waals surface area contributed by atoms with Crippen molar-refractivity contribution in [2.45, 2.75) is 36.7 Å². The minimum Gasteiger partial charge on any atom is -0.489 e. The van der Waals surface area contributed by atoms with E-state index < -0.39 is 20.0 Å². The highest BCUT2D eigenvalue weighted by Crippen LogP contribution is 2.28. The van der Waals surface area contributed by atoms with Gasteiger partial charge in [0.1, 0.15) is 24.7 Å². The minimum absolute atomic E-state index is 0.00574. The maximum absolute atomic E-state index is 14.1. The van der Waals surface area contributed by atoms with Gasteiger partial charge in [-0.15, -0.1) is 0 Å².